The minimum atomic E-state index is 0.0885. The van der Waals surface area contributed by atoms with Crippen LogP contribution in [-0.4, -0.2) is 23.2 Å². The van der Waals surface area contributed by atoms with Crippen LogP contribution in [0.4, 0.5) is 5.95 Å². The van der Waals surface area contributed by atoms with Gasteiger partial charge in [-0.05, 0) is 38.5 Å². The van der Waals surface area contributed by atoms with Crippen molar-refractivity contribution in [1.82, 2.24) is 9.97 Å². The highest BCUT2D eigenvalue weighted by Crippen LogP contribution is 2.16. The number of nitrogens with one attached hydrogen (secondary N) is 1. The molecule has 1 aromatic heterocycles. The molecule has 0 radical (unpaired) electrons. The number of ether oxygens (including phenoxy) is 2. The lowest BCUT2D eigenvalue weighted by Gasteiger charge is -2.11. The van der Waals surface area contributed by atoms with Gasteiger partial charge in [0, 0.05) is 18.3 Å². The van der Waals surface area contributed by atoms with E-state index in [-0.39, 0.29) is 6.10 Å². The summed E-state index contributed by atoms with van der Waals surface area (Å²) >= 11 is 0. The maximum Gasteiger partial charge on any atom is 0.226 e. The summed E-state index contributed by atoms with van der Waals surface area (Å²) in [4.78, 5) is 8.72. The molecule has 0 aliphatic carbocycles. The van der Waals surface area contributed by atoms with Gasteiger partial charge in [0.15, 0.2) is 0 Å². The first kappa shape index (κ1) is 15.1. The predicted molar refractivity (Wildman–Crippen MR) is 82.9 cm³/mol. The fourth-order valence-electron chi connectivity index (χ4n) is 1.88. The second-order valence-electron chi connectivity index (χ2n) is 5.04. The normalized spacial score (nSPS) is 10.5. The van der Waals surface area contributed by atoms with Crippen LogP contribution in [0.5, 0.6) is 11.6 Å². The van der Waals surface area contributed by atoms with Crippen molar-refractivity contribution in [1.29, 1.82) is 0 Å². The molecule has 1 heterocycles. The summed E-state index contributed by atoms with van der Waals surface area (Å²) in [6.07, 6.45) is 0.0885. The molecule has 5 heteroatoms. The number of rotatable bonds is 6. The van der Waals surface area contributed by atoms with Crippen LogP contribution in [0.25, 0.3) is 0 Å². The molecular weight excluding hydrogens is 266 g/mol. The molecule has 2 rings (SSSR count). The van der Waals surface area contributed by atoms with Crippen molar-refractivity contribution in [3.63, 3.8) is 0 Å². The highest BCUT2D eigenvalue weighted by molar-refractivity contribution is 5.34. The number of methoxy groups -OCH3 is 1. The number of hydrogen-bond acceptors (Lipinski definition) is 5. The molecule has 0 saturated heterocycles. The third-order valence-electron chi connectivity index (χ3n) is 2.77. The molecule has 0 amide bonds. The van der Waals surface area contributed by atoms with Gasteiger partial charge in [0.05, 0.1) is 13.2 Å². The molecule has 2 aromatic rings. The Morgan fingerprint density at radius 1 is 1.19 bits per heavy atom. The number of anilines is 1. The lowest BCUT2D eigenvalue weighted by Crippen LogP contribution is -2.10. The number of hydrogen-bond donors (Lipinski definition) is 1. The standard InChI is InChI=1S/C16H21N3O2/c1-11(2)21-15-8-12(3)18-16(19-15)17-10-13-6-5-7-14(9-13)20-4/h5-9,11H,10H2,1-4H3,(H,17,18,19). The molecular formula is C16H21N3O2. The lowest BCUT2D eigenvalue weighted by atomic mass is 10.2. The molecule has 0 saturated carbocycles. The molecule has 0 atom stereocenters. The van der Waals surface area contributed by atoms with Gasteiger partial charge in [0.1, 0.15) is 5.75 Å². The average molecular weight is 287 g/mol. The van der Waals surface area contributed by atoms with E-state index in [9.17, 15) is 0 Å². The van der Waals surface area contributed by atoms with E-state index >= 15 is 0 Å². The molecule has 0 spiro atoms. The van der Waals surface area contributed by atoms with E-state index in [1.165, 1.54) is 0 Å². The van der Waals surface area contributed by atoms with Crippen LogP contribution < -0.4 is 14.8 Å². The largest absolute Gasteiger partial charge is 0.497 e. The highest BCUT2D eigenvalue weighted by atomic mass is 16.5. The molecule has 0 bridgehead atoms. The number of aryl methyl sites for hydroxylation is 1. The minimum Gasteiger partial charge on any atom is -0.497 e. The average Bonchev–Trinajstić information content (AvgIpc) is 2.44. The zero-order valence-corrected chi connectivity index (χ0v) is 12.9. The van der Waals surface area contributed by atoms with Gasteiger partial charge in [0.2, 0.25) is 11.8 Å². The summed E-state index contributed by atoms with van der Waals surface area (Å²) in [6, 6.07) is 9.71. The summed E-state index contributed by atoms with van der Waals surface area (Å²) in [5, 5.41) is 3.21. The molecule has 1 aromatic carbocycles. The van der Waals surface area contributed by atoms with Crippen molar-refractivity contribution in [2.45, 2.75) is 33.4 Å². The number of benzene rings is 1. The van der Waals surface area contributed by atoms with Crippen LogP contribution in [0.1, 0.15) is 25.1 Å². The van der Waals surface area contributed by atoms with Crippen molar-refractivity contribution in [2.24, 2.45) is 0 Å². The Kier molecular flexibility index (Phi) is 4.98. The minimum absolute atomic E-state index is 0.0885. The van der Waals surface area contributed by atoms with Crippen LogP contribution in [0, 0.1) is 6.92 Å². The van der Waals surface area contributed by atoms with Crippen molar-refractivity contribution >= 4 is 5.95 Å². The second kappa shape index (κ2) is 6.92. The second-order valence-corrected chi connectivity index (χ2v) is 5.04. The van der Waals surface area contributed by atoms with Crippen LogP contribution in [-0.2, 0) is 6.54 Å². The molecule has 1 N–H and O–H groups in total. The Morgan fingerprint density at radius 3 is 2.71 bits per heavy atom. The molecule has 5 nitrogen and oxygen atoms in total. The predicted octanol–water partition coefficient (Wildman–Crippen LogP) is 3.19. The molecule has 21 heavy (non-hydrogen) atoms. The van der Waals surface area contributed by atoms with Gasteiger partial charge in [-0.2, -0.15) is 4.98 Å². The first-order chi connectivity index (χ1) is 10.1. The van der Waals surface area contributed by atoms with Crippen LogP contribution in [0.3, 0.4) is 0 Å². The van der Waals surface area contributed by atoms with E-state index in [1.807, 2.05) is 51.1 Å². The Hall–Kier alpha value is -2.30. The van der Waals surface area contributed by atoms with E-state index in [0.717, 1.165) is 17.0 Å². The molecule has 0 aliphatic heterocycles. The van der Waals surface area contributed by atoms with Crippen molar-refractivity contribution in [3.05, 3.63) is 41.6 Å². The fraction of sp³-hybridized carbons (Fsp3) is 0.375. The quantitative estimate of drug-likeness (QED) is 0.884. The molecule has 0 fully saturated rings. The maximum atomic E-state index is 5.61. The van der Waals surface area contributed by atoms with E-state index in [4.69, 9.17) is 9.47 Å². The molecule has 0 unspecified atom stereocenters. The highest BCUT2D eigenvalue weighted by Gasteiger charge is 2.05. The first-order valence-electron chi connectivity index (χ1n) is 6.96. The van der Waals surface area contributed by atoms with Gasteiger partial charge in [-0.15, -0.1) is 0 Å². The summed E-state index contributed by atoms with van der Waals surface area (Å²) in [7, 11) is 1.66. The molecule has 0 aliphatic rings. The maximum absolute atomic E-state index is 5.61. The van der Waals surface area contributed by atoms with Crippen LogP contribution in [0.15, 0.2) is 30.3 Å². The zero-order chi connectivity index (χ0) is 15.2. The lowest BCUT2D eigenvalue weighted by molar-refractivity contribution is 0.232. The topological polar surface area (TPSA) is 56.3 Å². The van der Waals surface area contributed by atoms with Gasteiger partial charge in [0.25, 0.3) is 0 Å². The number of aromatic nitrogens is 2. The Morgan fingerprint density at radius 2 is 2.00 bits per heavy atom. The smallest absolute Gasteiger partial charge is 0.226 e. The third-order valence-corrected chi connectivity index (χ3v) is 2.77. The van der Waals surface area contributed by atoms with Gasteiger partial charge in [-0.3, -0.25) is 0 Å². The summed E-state index contributed by atoms with van der Waals surface area (Å²) in [5.74, 6) is 1.99. The Balaban J connectivity index is 2.06. The monoisotopic (exact) mass is 287 g/mol. The van der Waals surface area contributed by atoms with E-state index < -0.39 is 0 Å². The zero-order valence-electron chi connectivity index (χ0n) is 12.9. The van der Waals surface area contributed by atoms with Crippen molar-refractivity contribution in [2.75, 3.05) is 12.4 Å². The third kappa shape index (κ3) is 4.63. The van der Waals surface area contributed by atoms with Gasteiger partial charge in [-0.25, -0.2) is 4.98 Å². The summed E-state index contributed by atoms with van der Waals surface area (Å²) in [5.41, 5.74) is 1.97. The van der Waals surface area contributed by atoms with Gasteiger partial charge in [-0.1, -0.05) is 12.1 Å². The van der Waals surface area contributed by atoms with Crippen LogP contribution >= 0.6 is 0 Å². The molecule has 112 valence electrons. The van der Waals surface area contributed by atoms with Crippen LogP contribution in [0.2, 0.25) is 0 Å². The van der Waals surface area contributed by atoms with E-state index in [1.54, 1.807) is 7.11 Å². The van der Waals surface area contributed by atoms with Gasteiger partial charge < -0.3 is 14.8 Å². The SMILES string of the molecule is COc1cccc(CNc2nc(C)cc(OC(C)C)n2)c1. The van der Waals surface area contributed by atoms with Crippen molar-refractivity contribution < 1.29 is 9.47 Å². The summed E-state index contributed by atoms with van der Waals surface area (Å²) in [6.45, 7) is 6.49. The Labute approximate surface area is 125 Å². The van der Waals surface area contributed by atoms with E-state index in [0.29, 0.717) is 18.4 Å². The fourth-order valence-corrected chi connectivity index (χ4v) is 1.88. The Bertz CT molecular complexity index is 600. The number of nitrogens with zero attached hydrogens (tertiary/aromatic N) is 2. The first-order valence-corrected chi connectivity index (χ1v) is 6.96. The van der Waals surface area contributed by atoms with Gasteiger partial charge >= 0.3 is 0 Å². The summed E-state index contributed by atoms with van der Waals surface area (Å²) < 4.78 is 10.8. The van der Waals surface area contributed by atoms with Crippen molar-refractivity contribution in [3.8, 4) is 11.6 Å². The van der Waals surface area contributed by atoms with E-state index in [2.05, 4.69) is 15.3 Å².